The molecule has 3 aromatic rings. The molecule has 1 aromatic heterocycles. The summed E-state index contributed by atoms with van der Waals surface area (Å²) < 4.78 is 32.5. The largest absolute Gasteiger partial charge is 0.380 e. The number of H-pyrrole nitrogens is 1. The summed E-state index contributed by atoms with van der Waals surface area (Å²) in [5, 5.41) is 1.24. The number of aromatic nitrogens is 1. The van der Waals surface area contributed by atoms with Crippen LogP contribution in [0.1, 0.15) is 38.2 Å². The number of nitrogens with zero attached hydrogens (tertiary/aromatic N) is 1. The van der Waals surface area contributed by atoms with Gasteiger partial charge in [-0.25, -0.2) is 12.7 Å². The monoisotopic (exact) mass is 440 g/mol. The molecule has 0 unspecified atom stereocenters. The van der Waals surface area contributed by atoms with E-state index in [1.807, 2.05) is 6.07 Å². The van der Waals surface area contributed by atoms with E-state index in [2.05, 4.69) is 67.5 Å². The molecule has 0 saturated carbocycles. The van der Waals surface area contributed by atoms with Crippen LogP contribution in [0.5, 0.6) is 0 Å². The van der Waals surface area contributed by atoms with Crippen molar-refractivity contribution in [2.45, 2.75) is 32.6 Å². The van der Waals surface area contributed by atoms with E-state index >= 15 is 0 Å². The fourth-order valence-electron chi connectivity index (χ4n) is 4.35. The van der Waals surface area contributed by atoms with Gasteiger partial charge in [0, 0.05) is 36.8 Å². The predicted molar refractivity (Wildman–Crippen MR) is 127 cm³/mol. The molecule has 2 heterocycles. The second-order valence-corrected chi connectivity index (χ2v) is 10.9. The number of rotatable bonds is 8. The van der Waals surface area contributed by atoms with Gasteiger partial charge in [-0.3, -0.25) is 0 Å². The van der Waals surface area contributed by atoms with Crippen LogP contribution in [0.2, 0.25) is 0 Å². The lowest BCUT2D eigenvalue weighted by atomic mass is 9.89. The maximum atomic E-state index is 12.7. The SMILES string of the molecule is CC(C)COCCS(=O)(=O)N1CCC(c2c[nH]c3ccc(-c4ccccc4)cc23)CC1. The van der Waals surface area contributed by atoms with Gasteiger partial charge in [-0.15, -0.1) is 0 Å². The Morgan fingerprint density at radius 3 is 2.52 bits per heavy atom. The quantitative estimate of drug-likeness (QED) is 0.501. The first-order chi connectivity index (χ1) is 14.9. The molecule has 0 radical (unpaired) electrons. The van der Waals surface area contributed by atoms with E-state index in [0.29, 0.717) is 31.5 Å². The highest BCUT2D eigenvalue weighted by Gasteiger charge is 2.29. The second-order valence-electron chi connectivity index (χ2n) is 8.83. The zero-order valence-electron chi connectivity index (χ0n) is 18.4. The molecular formula is C25H32N2O3S. The number of piperidine rings is 1. The highest BCUT2D eigenvalue weighted by atomic mass is 32.2. The Bertz CT molecular complexity index is 1100. The highest BCUT2D eigenvalue weighted by molar-refractivity contribution is 7.89. The smallest absolute Gasteiger partial charge is 0.216 e. The van der Waals surface area contributed by atoms with Gasteiger partial charge >= 0.3 is 0 Å². The number of sulfonamides is 1. The molecule has 1 aliphatic rings. The molecule has 31 heavy (non-hydrogen) atoms. The number of benzene rings is 2. The van der Waals surface area contributed by atoms with Crippen LogP contribution in [0.25, 0.3) is 22.0 Å². The Kier molecular flexibility index (Phi) is 6.80. The van der Waals surface area contributed by atoms with Crippen molar-refractivity contribution in [2.24, 2.45) is 5.92 Å². The van der Waals surface area contributed by atoms with Crippen LogP contribution in [0.15, 0.2) is 54.7 Å². The highest BCUT2D eigenvalue weighted by Crippen LogP contribution is 2.35. The van der Waals surface area contributed by atoms with Crippen LogP contribution in [-0.4, -0.2) is 49.8 Å². The Morgan fingerprint density at radius 2 is 1.81 bits per heavy atom. The van der Waals surface area contributed by atoms with Gasteiger partial charge in [-0.1, -0.05) is 50.2 Å². The Morgan fingerprint density at radius 1 is 1.06 bits per heavy atom. The zero-order valence-corrected chi connectivity index (χ0v) is 19.2. The minimum absolute atomic E-state index is 0.0674. The van der Waals surface area contributed by atoms with Crippen LogP contribution >= 0.6 is 0 Å². The van der Waals surface area contributed by atoms with Gasteiger partial charge in [-0.05, 0) is 53.5 Å². The summed E-state index contributed by atoms with van der Waals surface area (Å²) in [6.07, 6.45) is 3.79. The number of hydrogen-bond acceptors (Lipinski definition) is 3. The lowest BCUT2D eigenvalue weighted by molar-refractivity contribution is 0.122. The summed E-state index contributed by atoms with van der Waals surface area (Å²) in [5.41, 5.74) is 4.84. The van der Waals surface area contributed by atoms with Crippen molar-refractivity contribution in [3.8, 4) is 11.1 Å². The van der Waals surface area contributed by atoms with Crippen LogP contribution in [0.4, 0.5) is 0 Å². The van der Waals surface area contributed by atoms with Crippen molar-refractivity contribution < 1.29 is 13.2 Å². The second kappa shape index (κ2) is 9.55. The Labute approximate surface area is 185 Å². The van der Waals surface area contributed by atoms with Crippen molar-refractivity contribution in [3.63, 3.8) is 0 Å². The summed E-state index contributed by atoms with van der Waals surface area (Å²) >= 11 is 0. The molecule has 1 aliphatic heterocycles. The van der Waals surface area contributed by atoms with E-state index in [1.165, 1.54) is 22.1 Å². The zero-order chi connectivity index (χ0) is 21.8. The normalized spacial score (nSPS) is 16.4. The minimum Gasteiger partial charge on any atom is -0.380 e. The molecule has 6 heteroatoms. The molecule has 1 fully saturated rings. The molecule has 1 N–H and O–H groups in total. The van der Waals surface area contributed by atoms with Crippen molar-refractivity contribution in [1.29, 1.82) is 0 Å². The molecule has 1 saturated heterocycles. The third-order valence-electron chi connectivity index (χ3n) is 6.04. The molecule has 0 atom stereocenters. The van der Waals surface area contributed by atoms with Crippen LogP contribution in [-0.2, 0) is 14.8 Å². The number of nitrogens with one attached hydrogen (secondary N) is 1. The maximum absolute atomic E-state index is 12.7. The van der Waals surface area contributed by atoms with Crippen LogP contribution < -0.4 is 0 Å². The summed E-state index contributed by atoms with van der Waals surface area (Å²) in [7, 11) is -3.26. The van der Waals surface area contributed by atoms with Crippen molar-refractivity contribution in [3.05, 3.63) is 60.3 Å². The number of fused-ring (bicyclic) bond motifs is 1. The van der Waals surface area contributed by atoms with Crippen molar-refractivity contribution in [2.75, 3.05) is 32.1 Å². The van der Waals surface area contributed by atoms with Crippen molar-refractivity contribution >= 4 is 20.9 Å². The third kappa shape index (κ3) is 5.20. The molecule has 0 spiro atoms. The van der Waals surface area contributed by atoms with E-state index < -0.39 is 10.0 Å². The van der Waals surface area contributed by atoms with Gasteiger partial charge in [0.1, 0.15) is 0 Å². The molecular weight excluding hydrogens is 408 g/mol. The average molecular weight is 441 g/mol. The average Bonchev–Trinajstić information content (AvgIpc) is 3.20. The predicted octanol–water partition coefficient (Wildman–Crippen LogP) is 5.02. The Balaban J connectivity index is 1.43. The Hall–Kier alpha value is -2.15. The fraction of sp³-hybridized carbons (Fsp3) is 0.440. The molecule has 0 amide bonds. The van der Waals surface area contributed by atoms with Gasteiger partial charge in [0.25, 0.3) is 0 Å². The summed E-state index contributed by atoms with van der Waals surface area (Å²) in [6.45, 7) is 6.14. The number of hydrogen-bond donors (Lipinski definition) is 1. The fourth-order valence-corrected chi connectivity index (χ4v) is 5.70. The standard InChI is InChI=1S/C25H32N2O3S/c1-19(2)18-30-14-15-31(28,29)27-12-10-21(11-13-27)24-17-26-25-9-8-22(16-23(24)25)20-6-4-3-5-7-20/h3-9,16-17,19,21,26H,10-15,18H2,1-2H3. The molecule has 2 aromatic carbocycles. The van der Waals surface area contributed by atoms with Gasteiger partial charge in [0.2, 0.25) is 10.0 Å². The lowest BCUT2D eigenvalue weighted by Gasteiger charge is -2.31. The topological polar surface area (TPSA) is 62.4 Å². The summed E-state index contributed by atoms with van der Waals surface area (Å²) in [4.78, 5) is 3.40. The molecule has 0 aliphatic carbocycles. The van der Waals surface area contributed by atoms with Gasteiger partial charge < -0.3 is 9.72 Å². The first-order valence-corrected chi connectivity index (χ1v) is 12.8. The molecule has 5 nitrogen and oxygen atoms in total. The minimum atomic E-state index is -3.26. The summed E-state index contributed by atoms with van der Waals surface area (Å²) in [5.74, 6) is 0.846. The molecule has 4 rings (SSSR count). The first-order valence-electron chi connectivity index (χ1n) is 11.2. The first kappa shape index (κ1) is 22.1. The number of ether oxygens (including phenoxy) is 1. The third-order valence-corrected chi connectivity index (χ3v) is 7.88. The van der Waals surface area contributed by atoms with E-state index in [-0.39, 0.29) is 12.4 Å². The summed E-state index contributed by atoms with van der Waals surface area (Å²) in [6, 6.07) is 16.9. The van der Waals surface area contributed by atoms with Crippen LogP contribution in [0, 0.1) is 5.92 Å². The van der Waals surface area contributed by atoms with Crippen molar-refractivity contribution in [1.82, 2.24) is 9.29 Å². The van der Waals surface area contributed by atoms with E-state index in [9.17, 15) is 8.42 Å². The molecule has 166 valence electrons. The maximum Gasteiger partial charge on any atom is 0.216 e. The van der Waals surface area contributed by atoms with Crippen LogP contribution in [0.3, 0.4) is 0 Å². The van der Waals surface area contributed by atoms with E-state index in [1.54, 1.807) is 4.31 Å². The van der Waals surface area contributed by atoms with E-state index in [0.717, 1.165) is 18.4 Å². The van der Waals surface area contributed by atoms with Gasteiger partial charge in [0.15, 0.2) is 0 Å². The van der Waals surface area contributed by atoms with Gasteiger partial charge in [0.05, 0.1) is 12.4 Å². The number of aromatic amines is 1. The van der Waals surface area contributed by atoms with E-state index in [4.69, 9.17) is 4.74 Å². The molecule has 0 bridgehead atoms. The van der Waals surface area contributed by atoms with Gasteiger partial charge in [-0.2, -0.15) is 0 Å². The lowest BCUT2D eigenvalue weighted by Crippen LogP contribution is -2.40.